The lowest BCUT2D eigenvalue weighted by atomic mass is 10.2. The van der Waals surface area contributed by atoms with Crippen LogP contribution >= 0.6 is 0 Å². The van der Waals surface area contributed by atoms with Crippen LogP contribution in [-0.2, 0) is 8.85 Å². The molecule has 0 bridgehead atoms. The molecule has 0 rings (SSSR count). The molecular formula is C13H32O2Si2. The fourth-order valence-corrected chi connectivity index (χ4v) is 10.1. The second kappa shape index (κ2) is 6.00. The normalized spacial score (nSPS) is 14.5. The smallest absolute Gasteiger partial charge is 0.187 e. The maximum atomic E-state index is 6.23. The highest BCUT2D eigenvalue weighted by atomic mass is 28.4. The van der Waals surface area contributed by atoms with Crippen molar-refractivity contribution >= 4 is 16.6 Å². The first-order valence-electron chi connectivity index (χ1n) is 6.71. The quantitative estimate of drug-likeness (QED) is 0.658. The summed E-state index contributed by atoms with van der Waals surface area (Å²) in [6, 6.07) is 2.41. The van der Waals surface area contributed by atoms with Gasteiger partial charge in [-0.25, -0.2) is 0 Å². The Balaban J connectivity index is 4.26. The van der Waals surface area contributed by atoms with Gasteiger partial charge in [-0.15, -0.1) is 0 Å². The van der Waals surface area contributed by atoms with Gasteiger partial charge in [0, 0.05) is 11.7 Å². The zero-order valence-electron chi connectivity index (χ0n) is 13.3. The van der Waals surface area contributed by atoms with Crippen molar-refractivity contribution < 1.29 is 8.85 Å². The summed E-state index contributed by atoms with van der Waals surface area (Å²) >= 11 is 0. The first kappa shape index (κ1) is 17.4. The molecule has 17 heavy (non-hydrogen) atoms. The molecule has 104 valence electrons. The minimum atomic E-state index is -1.54. The molecule has 2 nitrogen and oxygen atoms in total. The Morgan fingerprint density at radius 1 is 0.882 bits per heavy atom. The van der Waals surface area contributed by atoms with Crippen LogP contribution in [0.5, 0.6) is 0 Å². The molecule has 0 amide bonds. The van der Waals surface area contributed by atoms with Gasteiger partial charge in [-0.05, 0) is 72.9 Å². The van der Waals surface area contributed by atoms with Crippen molar-refractivity contribution in [2.75, 3.05) is 0 Å². The first-order valence-corrected chi connectivity index (χ1v) is 12.9. The summed E-state index contributed by atoms with van der Waals surface area (Å²) in [5.74, 6) is 0. The molecule has 0 aliphatic carbocycles. The maximum absolute atomic E-state index is 6.23. The Kier molecular flexibility index (Phi) is 6.12. The Labute approximate surface area is 110 Å². The van der Waals surface area contributed by atoms with Crippen LogP contribution in [0.25, 0.3) is 0 Å². The first-order chi connectivity index (χ1) is 7.33. The van der Waals surface area contributed by atoms with Crippen LogP contribution in [0.3, 0.4) is 0 Å². The predicted molar refractivity (Wildman–Crippen MR) is 81.6 cm³/mol. The molecule has 0 unspecified atom stereocenters. The van der Waals surface area contributed by atoms with Crippen LogP contribution in [-0.4, -0.2) is 28.3 Å². The van der Waals surface area contributed by atoms with Gasteiger partial charge in [0.1, 0.15) is 0 Å². The van der Waals surface area contributed by atoms with E-state index in [1.165, 1.54) is 12.1 Å². The average molecular weight is 277 g/mol. The maximum Gasteiger partial charge on any atom is 0.187 e. The topological polar surface area (TPSA) is 18.5 Å². The molecule has 0 saturated heterocycles. The molecule has 0 atom stereocenters. The third kappa shape index (κ3) is 10.0. The van der Waals surface area contributed by atoms with E-state index in [2.05, 4.69) is 60.8 Å². The van der Waals surface area contributed by atoms with E-state index in [-0.39, 0.29) is 5.60 Å². The molecule has 0 saturated carbocycles. The Hall–Kier alpha value is 0.354. The van der Waals surface area contributed by atoms with Gasteiger partial charge in [0.05, 0.1) is 0 Å². The molecule has 0 aromatic rings. The Morgan fingerprint density at radius 2 is 1.29 bits per heavy atom. The molecule has 0 aromatic carbocycles. The molecule has 0 aliphatic rings. The van der Waals surface area contributed by atoms with E-state index in [9.17, 15) is 0 Å². The van der Waals surface area contributed by atoms with Crippen LogP contribution in [0, 0.1) is 0 Å². The molecular weight excluding hydrogens is 244 g/mol. The monoisotopic (exact) mass is 276 g/mol. The van der Waals surface area contributed by atoms with Crippen LogP contribution in [0.2, 0.25) is 38.3 Å². The molecule has 0 spiro atoms. The van der Waals surface area contributed by atoms with Crippen molar-refractivity contribution in [1.29, 1.82) is 0 Å². The lowest BCUT2D eigenvalue weighted by Gasteiger charge is -2.35. The SMILES string of the molecule is CC(C)O[Si](C)(C)CC[Si](C)(C)OC(C)(C)C. The van der Waals surface area contributed by atoms with Crippen LogP contribution < -0.4 is 0 Å². The van der Waals surface area contributed by atoms with E-state index in [4.69, 9.17) is 8.85 Å². The summed E-state index contributed by atoms with van der Waals surface area (Å²) in [5, 5.41) is 0. The molecule has 0 aliphatic heterocycles. The van der Waals surface area contributed by atoms with Crippen LogP contribution in [0.4, 0.5) is 0 Å². The van der Waals surface area contributed by atoms with Crippen LogP contribution in [0.15, 0.2) is 0 Å². The van der Waals surface area contributed by atoms with Gasteiger partial charge in [0.2, 0.25) is 0 Å². The number of rotatable bonds is 6. The van der Waals surface area contributed by atoms with Crippen molar-refractivity contribution in [1.82, 2.24) is 0 Å². The van der Waals surface area contributed by atoms with E-state index >= 15 is 0 Å². The second-order valence-electron chi connectivity index (χ2n) is 7.40. The van der Waals surface area contributed by atoms with Gasteiger partial charge >= 0.3 is 0 Å². The summed E-state index contributed by atoms with van der Waals surface area (Å²) in [5.41, 5.74) is -0.0136. The largest absolute Gasteiger partial charge is 0.415 e. The van der Waals surface area contributed by atoms with Gasteiger partial charge in [-0.2, -0.15) is 0 Å². The fourth-order valence-electron chi connectivity index (χ4n) is 2.18. The number of hydrogen-bond donors (Lipinski definition) is 0. The van der Waals surface area contributed by atoms with Gasteiger partial charge < -0.3 is 8.85 Å². The van der Waals surface area contributed by atoms with E-state index < -0.39 is 16.6 Å². The summed E-state index contributed by atoms with van der Waals surface area (Å²) in [7, 11) is -3.04. The lowest BCUT2D eigenvalue weighted by molar-refractivity contribution is 0.120. The average Bonchev–Trinajstić information content (AvgIpc) is 1.94. The van der Waals surface area contributed by atoms with Crippen molar-refractivity contribution in [2.45, 2.75) is 84.6 Å². The summed E-state index contributed by atoms with van der Waals surface area (Å²) in [6.07, 6.45) is 0.352. The molecule has 0 radical (unpaired) electrons. The molecule has 0 N–H and O–H groups in total. The lowest BCUT2D eigenvalue weighted by Crippen LogP contribution is -2.42. The predicted octanol–water partition coefficient (Wildman–Crippen LogP) is 4.64. The van der Waals surface area contributed by atoms with Gasteiger partial charge in [0.15, 0.2) is 16.6 Å². The zero-order valence-corrected chi connectivity index (χ0v) is 15.3. The third-order valence-corrected chi connectivity index (χ3v) is 8.15. The fraction of sp³-hybridized carbons (Fsp3) is 1.00. The van der Waals surface area contributed by atoms with E-state index in [1.54, 1.807) is 0 Å². The van der Waals surface area contributed by atoms with Crippen molar-refractivity contribution in [3.8, 4) is 0 Å². The highest BCUT2D eigenvalue weighted by Crippen LogP contribution is 2.26. The van der Waals surface area contributed by atoms with E-state index in [0.717, 1.165) is 0 Å². The van der Waals surface area contributed by atoms with Gasteiger partial charge in [-0.3, -0.25) is 0 Å². The Bertz CT molecular complexity index is 230. The second-order valence-corrected chi connectivity index (χ2v) is 15.9. The van der Waals surface area contributed by atoms with Crippen molar-refractivity contribution in [2.24, 2.45) is 0 Å². The van der Waals surface area contributed by atoms with E-state index in [0.29, 0.717) is 6.10 Å². The van der Waals surface area contributed by atoms with Gasteiger partial charge in [0.25, 0.3) is 0 Å². The molecule has 4 heteroatoms. The van der Waals surface area contributed by atoms with E-state index in [1.807, 2.05) is 0 Å². The highest BCUT2D eigenvalue weighted by Gasteiger charge is 2.33. The van der Waals surface area contributed by atoms with Crippen molar-refractivity contribution in [3.63, 3.8) is 0 Å². The summed E-state index contributed by atoms with van der Waals surface area (Å²) < 4.78 is 12.3. The molecule has 0 heterocycles. The minimum Gasteiger partial charge on any atom is -0.415 e. The summed E-state index contributed by atoms with van der Waals surface area (Å²) in [4.78, 5) is 0. The third-order valence-electron chi connectivity index (χ3n) is 2.47. The van der Waals surface area contributed by atoms with Crippen LogP contribution in [0.1, 0.15) is 34.6 Å². The highest BCUT2D eigenvalue weighted by molar-refractivity contribution is 6.76. The van der Waals surface area contributed by atoms with Crippen molar-refractivity contribution in [3.05, 3.63) is 0 Å². The minimum absolute atomic E-state index is 0.0136. The molecule has 0 fully saturated rings. The number of hydrogen-bond acceptors (Lipinski definition) is 2. The summed E-state index contributed by atoms with van der Waals surface area (Å²) in [6.45, 7) is 20.0. The standard InChI is InChI=1S/C13H32O2Si2/c1-12(2)14-16(6,7)10-11-17(8,9)15-13(3,4)5/h12H,10-11H2,1-9H3. The Morgan fingerprint density at radius 3 is 1.65 bits per heavy atom. The van der Waals surface area contributed by atoms with Gasteiger partial charge in [-0.1, -0.05) is 0 Å². The molecule has 0 aromatic heterocycles. The zero-order chi connectivity index (χ0) is 13.9.